The Hall–Kier alpha value is -0.545. The zero-order valence-corrected chi connectivity index (χ0v) is 7.33. The first-order valence-electron chi connectivity index (χ1n) is 3.39. The molecule has 0 radical (unpaired) electrons. The third-order valence-electron chi connectivity index (χ3n) is 1.34. The molecule has 0 aliphatic heterocycles. The normalized spacial score (nSPS) is 8.83. The van der Waals surface area contributed by atoms with Crippen LogP contribution >= 0.6 is 12.4 Å². The summed E-state index contributed by atoms with van der Waals surface area (Å²) in [5.41, 5.74) is 5.80. The van der Waals surface area contributed by atoms with E-state index in [1.54, 1.807) is 12.1 Å². The minimum atomic E-state index is -0.902. The Bertz CT molecular complexity index is 210. The van der Waals surface area contributed by atoms with E-state index in [0.29, 0.717) is 0 Å². The first kappa shape index (κ1) is 11.5. The minimum Gasteiger partial charge on any atom is -0.423 e. The third-order valence-corrected chi connectivity index (χ3v) is 1.34. The fourth-order valence-corrected chi connectivity index (χ4v) is 0.805. The molecule has 12 heavy (non-hydrogen) atoms. The van der Waals surface area contributed by atoms with Gasteiger partial charge >= 0.3 is 7.12 Å². The van der Waals surface area contributed by atoms with E-state index in [0.717, 1.165) is 5.46 Å². The highest BCUT2D eigenvalue weighted by molar-refractivity contribution is 6.59. The summed E-state index contributed by atoms with van der Waals surface area (Å²) in [7, 11) is -0.902. The Morgan fingerprint density at radius 2 is 1.92 bits per heavy atom. The molecule has 0 heterocycles. The van der Waals surface area contributed by atoms with Gasteiger partial charge in [-0.1, -0.05) is 30.3 Å². The van der Waals surface area contributed by atoms with Crippen LogP contribution in [0, 0.1) is 0 Å². The molecule has 0 saturated carbocycles. The van der Waals surface area contributed by atoms with Gasteiger partial charge in [0, 0.05) is 0 Å². The molecule has 0 bridgehead atoms. The fraction of sp³-hybridized carbons (Fsp3) is 0.143. The van der Waals surface area contributed by atoms with Crippen molar-refractivity contribution < 1.29 is 9.68 Å². The van der Waals surface area contributed by atoms with Crippen molar-refractivity contribution in [3.63, 3.8) is 0 Å². The van der Waals surface area contributed by atoms with E-state index in [-0.39, 0.29) is 19.1 Å². The lowest BCUT2D eigenvalue weighted by Crippen LogP contribution is -2.35. The molecule has 66 valence electrons. The molecular weight excluding hydrogens is 176 g/mol. The van der Waals surface area contributed by atoms with Crippen molar-refractivity contribution >= 4 is 25.0 Å². The predicted octanol–water partition coefficient (Wildman–Crippen LogP) is -0.271. The van der Waals surface area contributed by atoms with Crippen LogP contribution in [0.1, 0.15) is 0 Å². The average Bonchev–Trinajstić information content (AvgIpc) is 2.07. The molecule has 0 unspecified atom stereocenters. The number of nitrogens with two attached hydrogens (primary N) is 1. The predicted molar refractivity (Wildman–Crippen MR) is 51.4 cm³/mol. The van der Waals surface area contributed by atoms with E-state index >= 15 is 0 Å². The molecule has 0 atom stereocenters. The van der Waals surface area contributed by atoms with Crippen LogP contribution in [-0.2, 0) is 4.65 Å². The van der Waals surface area contributed by atoms with Crippen molar-refractivity contribution in [2.24, 2.45) is 5.73 Å². The lowest BCUT2D eigenvalue weighted by molar-refractivity contribution is 0.279. The van der Waals surface area contributed by atoms with Gasteiger partial charge in [0.15, 0.2) is 0 Å². The van der Waals surface area contributed by atoms with Gasteiger partial charge in [0.05, 0.1) is 6.73 Å². The smallest absolute Gasteiger partial charge is 0.423 e. The zero-order chi connectivity index (χ0) is 8.10. The van der Waals surface area contributed by atoms with Crippen molar-refractivity contribution in [1.82, 2.24) is 0 Å². The van der Waals surface area contributed by atoms with Gasteiger partial charge in [-0.2, -0.15) is 0 Å². The van der Waals surface area contributed by atoms with Gasteiger partial charge in [-0.15, -0.1) is 12.4 Å². The summed E-state index contributed by atoms with van der Waals surface area (Å²) in [6, 6.07) is 9.09. The molecule has 1 rings (SSSR count). The van der Waals surface area contributed by atoms with E-state index in [1.165, 1.54) is 0 Å². The number of benzene rings is 1. The molecule has 0 aromatic heterocycles. The number of rotatable bonds is 3. The molecular formula is C7H11BClNO2. The van der Waals surface area contributed by atoms with Crippen molar-refractivity contribution in [2.45, 2.75) is 0 Å². The highest BCUT2D eigenvalue weighted by Gasteiger charge is 2.13. The van der Waals surface area contributed by atoms with Gasteiger partial charge in [0.2, 0.25) is 0 Å². The second kappa shape index (κ2) is 6.02. The van der Waals surface area contributed by atoms with Gasteiger partial charge in [0.25, 0.3) is 0 Å². The van der Waals surface area contributed by atoms with E-state index in [9.17, 15) is 5.02 Å². The third kappa shape index (κ3) is 3.23. The molecule has 0 saturated heterocycles. The zero-order valence-electron chi connectivity index (χ0n) is 6.51. The second-order valence-electron chi connectivity index (χ2n) is 2.10. The Morgan fingerprint density at radius 1 is 1.33 bits per heavy atom. The maximum absolute atomic E-state index is 9.22. The van der Waals surface area contributed by atoms with Crippen LogP contribution in [0.25, 0.3) is 0 Å². The minimum absolute atomic E-state index is 0. The lowest BCUT2D eigenvalue weighted by Gasteiger charge is -2.04. The van der Waals surface area contributed by atoms with Crippen molar-refractivity contribution in [2.75, 3.05) is 6.73 Å². The number of hydrogen-bond donors (Lipinski definition) is 2. The summed E-state index contributed by atoms with van der Waals surface area (Å²) in [5, 5.41) is 9.22. The van der Waals surface area contributed by atoms with Gasteiger partial charge < -0.3 is 15.4 Å². The van der Waals surface area contributed by atoms with E-state index in [1.807, 2.05) is 18.2 Å². The Kier molecular flexibility index (Phi) is 5.75. The highest BCUT2D eigenvalue weighted by atomic mass is 35.5. The van der Waals surface area contributed by atoms with Crippen LogP contribution < -0.4 is 11.2 Å². The van der Waals surface area contributed by atoms with Crippen LogP contribution in [0.2, 0.25) is 0 Å². The molecule has 0 fully saturated rings. The Labute approximate surface area is 78.1 Å². The number of hydrogen-bond acceptors (Lipinski definition) is 3. The van der Waals surface area contributed by atoms with Crippen molar-refractivity contribution in [3.8, 4) is 0 Å². The first-order valence-corrected chi connectivity index (χ1v) is 3.39. The van der Waals surface area contributed by atoms with Crippen LogP contribution in [0.5, 0.6) is 0 Å². The van der Waals surface area contributed by atoms with Crippen molar-refractivity contribution in [3.05, 3.63) is 30.3 Å². The SMILES string of the molecule is Cl.NCOB(O)c1ccccc1. The molecule has 1 aromatic rings. The van der Waals surface area contributed by atoms with E-state index in [2.05, 4.69) is 0 Å². The quantitative estimate of drug-likeness (QED) is 0.506. The second-order valence-corrected chi connectivity index (χ2v) is 2.10. The van der Waals surface area contributed by atoms with E-state index in [4.69, 9.17) is 10.4 Å². The maximum Gasteiger partial charge on any atom is 0.492 e. The van der Waals surface area contributed by atoms with Crippen LogP contribution in [-0.4, -0.2) is 18.9 Å². The molecule has 3 N–H and O–H groups in total. The molecule has 5 heteroatoms. The van der Waals surface area contributed by atoms with Gasteiger partial charge in [-0.25, -0.2) is 0 Å². The van der Waals surface area contributed by atoms with Crippen LogP contribution in [0.3, 0.4) is 0 Å². The molecule has 0 amide bonds. The summed E-state index contributed by atoms with van der Waals surface area (Å²) in [6.45, 7) is 0.0239. The summed E-state index contributed by atoms with van der Waals surface area (Å²) >= 11 is 0. The van der Waals surface area contributed by atoms with E-state index < -0.39 is 7.12 Å². The summed E-state index contributed by atoms with van der Waals surface area (Å²) < 4.78 is 4.76. The summed E-state index contributed by atoms with van der Waals surface area (Å²) in [4.78, 5) is 0. The number of halogens is 1. The molecule has 0 aliphatic carbocycles. The lowest BCUT2D eigenvalue weighted by atomic mass is 9.80. The fourth-order valence-electron chi connectivity index (χ4n) is 0.805. The largest absolute Gasteiger partial charge is 0.492 e. The molecule has 0 spiro atoms. The highest BCUT2D eigenvalue weighted by Crippen LogP contribution is 1.86. The van der Waals surface area contributed by atoms with Crippen LogP contribution in [0.15, 0.2) is 30.3 Å². The van der Waals surface area contributed by atoms with Gasteiger partial charge in [-0.05, 0) is 5.46 Å². The van der Waals surface area contributed by atoms with Crippen LogP contribution in [0.4, 0.5) is 0 Å². The average molecular weight is 187 g/mol. The Balaban J connectivity index is 0.00000121. The summed E-state index contributed by atoms with van der Waals surface area (Å²) in [6.07, 6.45) is 0. The van der Waals surface area contributed by atoms with Crippen molar-refractivity contribution in [1.29, 1.82) is 0 Å². The first-order chi connectivity index (χ1) is 5.34. The Morgan fingerprint density at radius 3 is 2.42 bits per heavy atom. The monoisotopic (exact) mass is 187 g/mol. The molecule has 0 aliphatic rings. The topological polar surface area (TPSA) is 55.5 Å². The van der Waals surface area contributed by atoms with Gasteiger partial charge in [0.1, 0.15) is 0 Å². The summed E-state index contributed by atoms with van der Waals surface area (Å²) in [5.74, 6) is 0. The van der Waals surface area contributed by atoms with Gasteiger partial charge in [-0.3, -0.25) is 0 Å². The molecule has 3 nitrogen and oxygen atoms in total. The maximum atomic E-state index is 9.22. The standard InChI is InChI=1S/C7H10BNO2.ClH/c9-6-11-8(10)7-4-2-1-3-5-7;/h1-5,10H,6,9H2;1H. The molecule has 1 aromatic carbocycles.